The number of aliphatic carboxylic acids is 1. The van der Waals surface area contributed by atoms with Crippen LogP contribution >= 0.6 is 0 Å². The van der Waals surface area contributed by atoms with Crippen molar-refractivity contribution in [2.75, 3.05) is 6.54 Å². The fourth-order valence-corrected chi connectivity index (χ4v) is 0.923. The van der Waals surface area contributed by atoms with Crippen molar-refractivity contribution in [2.45, 2.75) is 32.2 Å². The molecule has 3 amide bonds. The average molecular weight is 231 g/mol. The van der Waals surface area contributed by atoms with Crippen LogP contribution in [0.4, 0.5) is 4.79 Å². The summed E-state index contributed by atoms with van der Waals surface area (Å²) in [4.78, 5) is 30.1. The predicted octanol–water partition coefficient (Wildman–Crippen LogP) is -0.586. The number of hydrogen-bond acceptors (Lipinski definition) is 4. The lowest BCUT2D eigenvalue weighted by molar-refractivity contribution is -0.138. The zero-order chi connectivity index (χ0) is 12.6. The Labute approximate surface area is 93.4 Å². The van der Waals surface area contributed by atoms with Crippen molar-refractivity contribution >= 4 is 17.9 Å². The van der Waals surface area contributed by atoms with E-state index >= 15 is 0 Å². The molecule has 1 fully saturated rings. The van der Waals surface area contributed by atoms with E-state index in [2.05, 4.69) is 5.32 Å². The molecular formula is C9H17N3O4. The van der Waals surface area contributed by atoms with E-state index in [-0.39, 0.29) is 12.5 Å². The summed E-state index contributed by atoms with van der Waals surface area (Å²) in [5.74, 6) is -1.16. The fourth-order valence-electron chi connectivity index (χ4n) is 0.923. The van der Waals surface area contributed by atoms with E-state index in [0.29, 0.717) is 6.42 Å². The van der Waals surface area contributed by atoms with E-state index in [1.165, 1.54) is 0 Å². The van der Waals surface area contributed by atoms with Gasteiger partial charge in [-0.2, -0.15) is 0 Å². The van der Waals surface area contributed by atoms with Gasteiger partial charge in [0.15, 0.2) is 0 Å². The first-order valence-electron chi connectivity index (χ1n) is 5.03. The highest BCUT2D eigenvalue weighted by atomic mass is 16.4. The molecule has 1 rings (SSSR count). The molecule has 1 atom stereocenters. The molecule has 1 saturated heterocycles. The van der Waals surface area contributed by atoms with E-state index < -0.39 is 18.0 Å². The number of carbonyl (C=O) groups is 3. The normalized spacial score (nSPS) is 15.6. The van der Waals surface area contributed by atoms with Gasteiger partial charge in [0.2, 0.25) is 5.91 Å². The molecule has 1 aliphatic rings. The lowest BCUT2D eigenvalue weighted by Crippen LogP contribution is -2.29. The summed E-state index contributed by atoms with van der Waals surface area (Å²) in [5, 5.41) is 12.6. The van der Waals surface area contributed by atoms with E-state index in [0.717, 1.165) is 12.8 Å². The molecule has 7 nitrogen and oxygen atoms in total. The summed E-state index contributed by atoms with van der Waals surface area (Å²) in [6.07, 6.45) is 2.49. The summed E-state index contributed by atoms with van der Waals surface area (Å²) < 4.78 is 0. The second kappa shape index (κ2) is 7.63. The van der Waals surface area contributed by atoms with Crippen LogP contribution in [0.2, 0.25) is 0 Å². The highest BCUT2D eigenvalue weighted by Crippen LogP contribution is 1.96. The summed E-state index contributed by atoms with van der Waals surface area (Å²) >= 11 is 0. The van der Waals surface area contributed by atoms with Crippen LogP contribution in [0.1, 0.15) is 26.2 Å². The SMILES string of the molecule is CCCC[C@H](N)C(=O)O.O=C1CNC(=O)N1. The van der Waals surface area contributed by atoms with Gasteiger partial charge in [0.05, 0.1) is 6.54 Å². The molecule has 5 N–H and O–H groups in total. The van der Waals surface area contributed by atoms with Gasteiger partial charge in [0.1, 0.15) is 6.04 Å². The molecule has 0 aromatic rings. The van der Waals surface area contributed by atoms with Gasteiger partial charge < -0.3 is 16.2 Å². The summed E-state index contributed by atoms with van der Waals surface area (Å²) in [6.45, 7) is 2.13. The topological polar surface area (TPSA) is 122 Å². The fraction of sp³-hybridized carbons (Fsp3) is 0.667. The minimum absolute atomic E-state index is 0.124. The molecular weight excluding hydrogens is 214 g/mol. The minimum atomic E-state index is -0.900. The van der Waals surface area contributed by atoms with E-state index in [9.17, 15) is 14.4 Å². The molecule has 7 heteroatoms. The largest absolute Gasteiger partial charge is 0.480 e. The first-order chi connectivity index (χ1) is 7.47. The number of nitrogens with two attached hydrogens (primary N) is 1. The number of imide groups is 1. The molecule has 92 valence electrons. The molecule has 0 spiro atoms. The molecule has 0 aliphatic carbocycles. The van der Waals surface area contributed by atoms with Gasteiger partial charge in [-0.15, -0.1) is 0 Å². The molecule has 0 saturated carbocycles. The minimum Gasteiger partial charge on any atom is -0.480 e. The summed E-state index contributed by atoms with van der Waals surface area (Å²) in [6, 6.07) is -1.06. The Morgan fingerprint density at radius 2 is 2.19 bits per heavy atom. The second-order valence-electron chi connectivity index (χ2n) is 3.32. The van der Waals surface area contributed by atoms with Gasteiger partial charge in [-0.3, -0.25) is 14.9 Å². The van der Waals surface area contributed by atoms with Crippen molar-refractivity contribution in [3.05, 3.63) is 0 Å². The molecule has 0 unspecified atom stereocenters. The molecule has 1 aliphatic heterocycles. The highest BCUT2D eigenvalue weighted by Gasteiger charge is 2.14. The van der Waals surface area contributed by atoms with E-state index in [1.807, 2.05) is 12.2 Å². The molecule has 0 aromatic heterocycles. The number of carbonyl (C=O) groups excluding carboxylic acids is 2. The number of amides is 3. The van der Waals surface area contributed by atoms with Crippen molar-refractivity contribution < 1.29 is 19.5 Å². The monoisotopic (exact) mass is 231 g/mol. The van der Waals surface area contributed by atoms with Gasteiger partial charge in [0.25, 0.3) is 0 Å². The van der Waals surface area contributed by atoms with Crippen molar-refractivity contribution in [3.8, 4) is 0 Å². The van der Waals surface area contributed by atoms with Crippen molar-refractivity contribution in [1.29, 1.82) is 0 Å². The zero-order valence-electron chi connectivity index (χ0n) is 9.16. The van der Waals surface area contributed by atoms with Gasteiger partial charge in [0, 0.05) is 0 Å². The maximum absolute atomic E-state index is 10.1. The number of unbranched alkanes of at least 4 members (excludes halogenated alkanes) is 1. The maximum Gasteiger partial charge on any atom is 0.321 e. The maximum atomic E-state index is 10.1. The third-order valence-corrected chi connectivity index (χ3v) is 1.85. The highest BCUT2D eigenvalue weighted by molar-refractivity contribution is 6.01. The zero-order valence-corrected chi connectivity index (χ0v) is 9.16. The molecule has 0 aromatic carbocycles. The molecule has 0 bridgehead atoms. The number of rotatable bonds is 4. The summed E-state index contributed by atoms with van der Waals surface area (Å²) in [7, 11) is 0. The van der Waals surface area contributed by atoms with Crippen LogP contribution in [0.5, 0.6) is 0 Å². The number of urea groups is 1. The van der Waals surface area contributed by atoms with Crippen LogP contribution in [0.3, 0.4) is 0 Å². The average Bonchev–Trinajstić information content (AvgIpc) is 2.59. The van der Waals surface area contributed by atoms with Crippen molar-refractivity contribution in [2.24, 2.45) is 5.73 Å². The number of hydrogen-bond donors (Lipinski definition) is 4. The Balaban J connectivity index is 0.000000288. The van der Waals surface area contributed by atoms with Gasteiger partial charge in [-0.1, -0.05) is 19.8 Å². The number of carboxylic acid groups (broad SMARTS) is 1. The van der Waals surface area contributed by atoms with Gasteiger partial charge in [-0.05, 0) is 6.42 Å². The van der Waals surface area contributed by atoms with Crippen LogP contribution in [0.15, 0.2) is 0 Å². The lowest BCUT2D eigenvalue weighted by Gasteiger charge is -2.02. The first kappa shape index (κ1) is 14.4. The predicted molar refractivity (Wildman–Crippen MR) is 56.7 cm³/mol. The Morgan fingerprint density at radius 1 is 1.56 bits per heavy atom. The lowest BCUT2D eigenvalue weighted by atomic mass is 10.1. The Kier molecular flexibility index (Phi) is 6.86. The van der Waals surface area contributed by atoms with Crippen LogP contribution in [0.25, 0.3) is 0 Å². The quantitative estimate of drug-likeness (QED) is 0.482. The van der Waals surface area contributed by atoms with E-state index in [4.69, 9.17) is 10.8 Å². The van der Waals surface area contributed by atoms with Crippen molar-refractivity contribution in [1.82, 2.24) is 10.6 Å². The summed E-state index contributed by atoms with van der Waals surface area (Å²) in [5.41, 5.74) is 5.20. The third-order valence-electron chi connectivity index (χ3n) is 1.85. The van der Waals surface area contributed by atoms with Crippen LogP contribution in [-0.4, -0.2) is 35.6 Å². The smallest absolute Gasteiger partial charge is 0.321 e. The first-order valence-corrected chi connectivity index (χ1v) is 5.03. The molecule has 0 radical (unpaired) electrons. The number of carboxylic acids is 1. The van der Waals surface area contributed by atoms with Crippen LogP contribution in [0, 0.1) is 0 Å². The van der Waals surface area contributed by atoms with Crippen LogP contribution in [-0.2, 0) is 9.59 Å². The standard InChI is InChI=1S/C6H13NO2.C3H4N2O2/c1-2-3-4-5(7)6(8)9;6-2-1-4-3(7)5-2/h5H,2-4,7H2,1H3,(H,8,9);1H2,(H2,4,5,6,7)/t5-;/m0./s1. The third kappa shape index (κ3) is 6.77. The van der Waals surface area contributed by atoms with Gasteiger partial charge >= 0.3 is 12.0 Å². The number of nitrogens with one attached hydrogen (secondary N) is 2. The molecule has 1 heterocycles. The second-order valence-corrected chi connectivity index (χ2v) is 3.32. The van der Waals surface area contributed by atoms with Crippen molar-refractivity contribution in [3.63, 3.8) is 0 Å². The Bertz CT molecular complexity index is 253. The molecule has 16 heavy (non-hydrogen) atoms. The Hall–Kier alpha value is -1.63. The Morgan fingerprint density at radius 3 is 2.44 bits per heavy atom. The van der Waals surface area contributed by atoms with E-state index in [1.54, 1.807) is 0 Å². The van der Waals surface area contributed by atoms with Crippen LogP contribution < -0.4 is 16.4 Å². The van der Waals surface area contributed by atoms with Gasteiger partial charge in [-0.25, -0.2) is 4.79 Å².